The molecule has 1 aromatic rings. The number of pyridine rings is 1. The van der Waals surface area contributed by atoms with Crippen LogP contribution in [0.2, 0.25) is 0 Å². The number of hydrogen-bond donors (Lipinski definition) is 3. The quantitative estimate of drug-likeness (QED) is 0.682. The maximum atomic E-state index is 10.8. The van der Waals surface area contributed by atoms with E-state index >= 15 is 0 Å². The summed E-state index contributed by atoms with van der Waals surface area (Å²) in [6.07, 6.45) is 1.61. The zero-order valence-electron chi connectivity index (χ0n) is 8.64. The Morgan fingerprint density at radius 2 is 2.27 bits per heavy atom. The number of anilines is 1. The Morgan fingerprint density at radius 3 is 2.73 bits per heavy atom. The molecule has 0 saturated heterocycles. The summed E-state index contributed by atoms with van der Waals surface area (Å²) in [5.41, 5.74) is 7.32. The van der Waals surface area contributed by atoms with Crippen LogP contribution in [0.3, 0.4) is 0 Å². The van der Waals surface area contributed by atoms with Gasteiger partial charge in [0.2, 0.25) is 0 Å². The van der Waals surface area contributed by atoms with Crippen molar-refractivity contribution in [3.63, 3.8) is 0 Å². The van der Waals surface area contributed by atoms with E-state index in [9.17, 15) is 4.79 Å². The van der Waals surface area contributed by atoms with Crippen LogP contribution in [0.1, 0.15) is 24.0 Å². The molecule has 0 aliphatic heterocycles. The summed E-state index contributed by atoms with van der Waals surface area (Å²) >= 11 is 4.05. The SMILES string of the molecule is Cc1cc(N)ncc1C(C)C(S)C(=O)O. The lowest BCUT2D eigenvalue weighted by molar-refractivity contribution is -0.136. The summed E-state index contributed by atoms with van der Waals surface area (Å²) in [6.45, 7) is 3.69. The van der Waals surface area contributed by atoms with Gasteiger partial charge in [0, 0.05) is 12.1 Å². The molecule has 0 radical (unpaired) electrons. The number of thiol groups is 1. The molecular formula is C10H14N2O2S. The van der Waals surface area contributed by atoms with E-state index in [1.54, 1.807) is 12.3 Å². The van der Waals surface area contributed by atoms with Crippen molar-refractivity contribution in [1.82, 2.24) is 4.98 Å². The molecule has 3 N–H and O–H groups in total. The molecule has 5 heteroatoms. The second kappa shape index (κ2) is 4.53. The van der Waals surface area contributed by atoms with Crippen LogP contribution in [0.4, 0.5) is 5.82 Å². The molecule has 0 aliphatic carbocycles. The van der Waals surface area contributed by atoms with Crippen molar-refractivity contribution in [3.8, 4) is 0 Å². The van der Waals surface area contributed by atoms with Crippen LogP contribution in [0.5, 0.6) is 0 Å². The Morgan fingerprint density at radius 1 is 1.67 bits per heavy atom. The molecule has 0 aromatic carbocycles. The molecule has 82 valence electrons. The molecule has 2 unspecified atom stereocenters. The molecule has 1 rings (SSSR count). The van der Waals surface area contributed by atoms with E-state index in [1.165, 1.54) is 0 Å². The Bertz CT molecular complexity index is 382. The molecule has 0 amide bonds. The first-order valence-electron chi connectivity index (χ1n) is 4.56. The fourth-order valence-corrected chi connectivity index (χ4v) is 1.61. The normalized spacial score (nSPS) is 14.6. The molecule has 0 spiro atoms. The van der Waals surface area contributed by atoms with Crippen molar-refractivity contribution in [3.05, 3.63) is 23.4 Å². The minimum Gasteiger partial charge on any atom is -0.480 e. The Kier molecular flexibility index (Phi) is 3.57. The molecule has 0 saturated carbocycles. The van der Waals surface area contributed by atoms with Crippen LogP contribution in [-0.2, 0) is 4.79 Å². The maximum Gasteiger partial charge on any atom is 0.316 e. The van der Waals surface area contributed by atoms with Crippen LogP contribution in [0.25, 0.3) is 0 Å². The van der Waals surface area contributed by atoms with Crippen molar-refractivity contribution in [2.75, 3.05) is 5.73 Å². The highest BCUT2D eigenvalue weighted by Crippen LogP contribution is 2.26. The van der Waals surface area contributed by atoms with Gasteiger partial charge in [0.1, 0.15) is 11.1 Å². The fourth-order valence-electron chi connectivity index (χ4n) is 1.45. The molecule has 0 fully saturated rings. The monoisotopic (exact) mass is 226 g/mol. The van der Waals surface area contributed by atoms with Crippen LogP contribution < -0.4 is 5.73 Å². The largest absolute Gasteiger partial charge is 0.480 e. The first-order valence-corrected chi connectivity index (χ1v) is 5.08. The van der Waals surface area contributed by atoms with Gasteiger partial charge in [0.25, 0.3) is 0 Å². The third kappa shape index (κ3) is 2.62. The molecule has 15 heavy (non-hydrogen) atoms. The summed E-state index contributed by atoms with van der Waals surface area (Å²) in [4.78, 5) is 14.7. The van der Waals surface area contributed by atoms with Gasteiger partial charge >= 0.3 is 5.97 Å². The number of rotatable bonds is 3. The van der Waals surface area contributed by atoms with Crippen LogP contribution >= 0.6 is 12.6 Å². The second-order valence-electron chi connectivity index (χ2n) is 3.54. The van der Waals surface area contributed by atoms with Gasteiger partial charge in [0.05, 0.1) is 0 Å². The van der Waals surface area contributed by atoms with Crippen molar-refractivity contribution in [2.45, 2.75) is 25.0 Å². The van der Waals surface area contributed by atoms with E-state index in [0.29, 0.717) is 5.82 Å². The number of nitrogen functional groups attached to an aromatic ring is 1. The number of aliphatic carboxylic acids is 1. The summed E-state index contributed by atoms with van der Waals surface area (Å²) in [5.74, 6) is -0.685. The van der Waals surface area contributed by atoms with Crippen molar-refractivity contribution >= 4 is 24.4 Å². The van der Waals surface area contributed by atoms with Crippen molar-refractivity contribution < 1.29 is 9.90 Å². The fraction of sp³-hybridized carbons (Fsp3) is 0.400. The van der Waals surface area contributed by atoms with Crippen molar-refractivity contribution in [2.24, 2.45) is 0 Å². The number of hydrogen-bond acceptors (Lipinski definition) is 4. The third-order valence-corrected chi connectivity index (χ3v) is 3.06. The van der Waals surface area contributed by atoms with Gasteiger partial charge in [-0.2, -0.15) is 12.6 Å². The lowest BCUT2D eigenvalue weighted by atomic mass is 9.95. The molecule has 2 atom stereocenters. The third-order valence-electron chi connectivity index (χ3n) is 2.39. The number of carboxylic acid groups (broad SMARTS) is 1. The van der Waals surface area contributed by atoms with E-state index in [0.717, 1.165) is 11.1 Å². The zero-order valence-corrected chi connectivity index (χ0v) is 9.53. The minimum atomic E-state index is -0.929. The van der Waals surface area contributed by atoms with Gasteiger partial charge in [-0.3, -0.25) is 4.79 Å². The lowest BCUT2D eigenvalue weighted by Crippen LogP contribution is -2.21. The smallest absolute Gasteiger partial charge is 0.316 e. The predicted octanol–water partition coefficient (Wildman–Crippen LogP) is 1.46. The van der Waals surface area contributed by atoms with E-state index < -0.39 is 11.2 Å². The second-order valence-corrected chi connectivity index (χ2v) is 4.09. The van der Waals surface area contributed by atoms with Gasteiger partial charge in [0.15, 0.2) is 0 Å². The number of carboxylic acids is 1. The maximum absolute atomic E-state index is 10.8. The molecule has 4 nitrogen and oxygen atoms in total. The van der Waals surface area contributed by atoms with Gasteiger partial charge < -0.3 is 10.8 Å². The van der Waals surface area contributed by atoms with Gasteiger partial charge in [-0.1, -0.05) is 6.92 Å². The van der Waals surface area contributed by atoms with Crippen LogP contribution in [-0.4, -0.2) is 21.3 Å². The lowest BCUT2D eigenvalue weighted by Gasteiger charge is -2.17. The van der Waals surface area contributed by atoms with Gasteiger partial charge in [-0.25, -0.2) is 4.98 Å². The van der Waals surface area contributed by atoms with E-state index in [-0.39, 0.29) is 5.92 Å². The molecule has 0 bridgehead atoms. The Balaban J connectivity index is 3.01. The number of aromatic nitrogens is 1. The van der Waals surface area contributed by atoms with E-state index in [2.05, 4.69) is 17.6 Å². The zero-order chi connectivity index (χ0) is 11.6. The summed E-state index contributed by atoms with van der Waals surface area (Å²) in [5, 5.41) is 8.11. The molecular weight excluding hydrogens is 212 g/mol. The summed E-state index contributed by atoms with van der Waals surface area (Å²) in [6, 6.07) is 1.73. The highest BCUT2D eigenvalue weighted by atomic mass is 32.1. The first-order chi connectivity index (χ1) is 6.93. The Labute approximate surface area is 93.9 Å². The number of nitrogens with zero attached hydrogens (tertiary/aromatic N) is 1. The van der Waals surface area contributed by atoms with Crippen molar-refractivity contribution in [1.29, 1.82) is 0 Å². The van der Waals surface area contributed by atoms with Gasteiger partial charge in [-0.15, -0.1) is 0 Å². The van der Waals surface area contributed by atoms with E-state index in [4.69, 9.17) is 10.8 Å². The molecule has 1 aromatic heterocycles. The summed E-state index contributed by atoms with van der Waals surface area (Å²) in [7, 11) is 0. The highest BCUT2D eigenvalue weighted by Gasteiger charge is 2.23. The first kappa shape index (κ1) is 11.8. The number of carbonyl (C=O) groups is 1. The predicted molar refractivity (Wildman–Crippen MR) is 62.2 cm³/mol. The average molecular weight is 226 g/mol. The minimum absolute atomic E-state index is 0.195. The average Bonchev–Trinajstić information content (AvgIpc) is 2.15. The highest BCUT2D eigenvalue weighted by molar-refractivity contribution is 7.81. The topological polar surface area (TPSA) is 76.2 Å². The van der Waals surface area contributed by atoms with Gasteiger partial charge in [-0.05, 0) is 24.1 Å². The van der Waals surface area contributed by atoms with E-state index in [1.807, 2.05) is 13.8 Å². The summed E-state index contributed by atoms with van der Waals surface area (Å²) < 4.78 is 0. The number of nitrogens with two attached hydrogens (primary N) is 1. The standard InChI is InChI=1S/C10H14N2O2S/c1-5-3-8(11)12-4-7(5)6(2)9(15)10(13)14/h3-4,6,9,15H,1-2H3,(H2,11,12)(H,13,14). The molecule has 1 heterocycles. The molecule has 0 aliphatic rings. The van der Waals surface area contributed by atoms with Crippen LogP contribution in [0.15, 0.2) is 12.3 Å². The number of aryl methyl sites for hydroxylation is 1. The Hall–Kier alpha value is -1.23. The van der Waals surface area contributed by atoms with Crippen LogP contribution in [0, 0.1) is 6.92 Å².